The standard InChI is InChI=1S/C16H25OSi/c1-4-8-13-11-7-12-15(14(13)9-5-2)16(17-18)10-6-3/h7,11-12,16H,4-6,8-10H2,1-3H3. The second kappa shape index (κ2) is 8.49. The van der Waals surface area contributed by atoms with E-state index in [1.807, 2.05) is 0 Å². The maximum absolute atomic E-state index is 5.50. The number of hydrogen-bond acceptors (Lipinski definition) is 1. The maximum atomic E-state index is 5.50. The molecule has 0 fully saturated rings. The lowest BCUT2D eigenvalue weighted by atomic mass is 9.90. The van der Waals surface area contributed by atoms with Crippen molar-refractivity contribution in [1.29, 1.82) is 0 Å². The minimum absolute atomic E-state index is 0.185. The molecule has 1 aromatic rings. The highest BCUT2D eigenvalue weighted by Crippen LogP contribution is 2.29. The molecule has 3 radical (unpaired) electrons. The largest absolute Gasteiger partial charge is 0.412 e. The monoisotopic (exact) mass is 261 g/mol. The molecule has 0 spiro atoms. The molecule has 0 aliphatic rings. The fourth-order valence-electron chi connectivity index (χ4n) is 2.55. The summed E-state index contributed by atoms with van der Waals surface area (Å²) in [6.07, 6.45) is 7.10. The van der Waals surface area contributed by atoms with Crippen molar-refractivity contribution >= 4 is 10.5 Å². The highest BCUT2D eigenvalue weighted by molar-refractivity contribution is 5.98. The van der Waals surface area contributed by atoms with Gasteiger partial charge in [-0.3, -0.25) is 0 Å². The van der Waals surface area contributed by atoms with Crippen molar-refractivity contribution < 1.29 is 4.43 Å². The number of aryl methyl sites for hydroxylation is 1. The third kappa shape index (κ3) is 3.96. The van der Waals surface area contributed by atoms with Crippen molar-refractivity contribution in [2.45, 2.75) is 65.4 Å². The van der Waals surface area contributed by atoms with Gasteiger partial charge in [-0.15, -0.1) is 0 Å². The van der Waals surface area contributed by atoms with Gasteiger partial charge in [-0.25, -0.2) is 0 Å². The molecule has 0 bridgehead atoms. The van der Waals surface area contributed by atoms with E-state index >= 15 is 0 Å². The SMILES string of the molecule is CCCc1cccc(C(CCC)O[Si])c1CCC. The van der Waals surface area contributed by atoms with Gasteiger partial charge in [-0.1, -0.05) is 58.2 Å². The van der Waals surface area contributed by atoms with Crippen molar-refractivity contribution in [2.75, 3.05) is 0 Å². The summed E-state index contributed by atoms with van der Waals surface area (Å²) < 4.78 is 5.50. The van der Waals surface area contributed by atoms with Crippen LogP contribution in [-0.2, 0) is 17.3 Å². The van der Waals surface area contributed by atoms with Crippen LogP contribution in [0.3, 0.4) is 0 Å². The van der Waals surface area contributed by atoms with Gasteiger partial charge in [0.05, 0.1) is 6.10 Å². The first kappa shape index (κ1) is 15.5. The Hall–Kier alpha value is -0.603. The van der Waals surface area contributed by atoms with Crippen molar-refractivity contribution in [3.8, 4) is 0 Å². The summed E-state index contributed by atoms with van der Waals surface area (Å²) in [4.78, 5) is 0. The van der Waals surface area contributed by atoms with Crippen LogP contribution in [0.2, 0.25) is 0 Å². The van der Waals surface area contributed by atoms with Crippen LogP contribution in [0.4, 0.5) is 0 Å². The summed E-state index contributed by atoms with van der Waals surface area (Å²) in [6, 6.07) is 6.67. The molecule has 18 heavy (non-hydrogen) atoms. The minimum Gasteiger partial charge on any atom is -0.412 e. The fraction of sp³-hybridized carbons (Fsp3) is 0.625. The molecule has 0 N–H and O–H groups in total. The summed E-state index contributed by atoms with van der Waals surface area (Å²) in [5.74, 6) is 0. The number of hydrogen-bond donors (Lipinski definition) is 0. The Morgan fingerprint density at radius 1 is 1.06 bits per heavy atom. The molecule has 0 aromatic heterocycles. The molecule has 0 saturated carbocycles. The Labute approximate surface area is 115 Å². The van der Waals surface area contributed by atoms with Crippen LogP contribution in [0.15, 0.2) is 18.2 Å². The first-order chi connectivity index (χ1) is 8.78. The van der Waals surface area contributed by atoms with Crippen LogP contribution in [0.1, 0.15) is 69.2 Å². The molecular formula is C16H25OSi. The zero-order chi connectivity index (χ0) is 13.4. The Balaban J connectivity index is 3.10. The van der Waals surface area contributed by atoms with Crippen molar-refractivity contribution in [2.24, 2.45) is 0 Å². The van der Waals surface area contributed by atoms with E-state index in [9.17, 15) is 0 Å². The predicted molar refractivity (Wildman–Crippen MR) is 78.9 cm³/mol. The third-order valence-corrected chi connectivity index (χ3v) is 3.65. The topological polar surface area (TPSA) is 9.23 Å². The van der Waals surface area contributed by atoms with Crippen LogP contribution in [-0.4, -0.2) is 10.5 Å². The average Bonchev–Trinajstić information content (AvgIpc) is 2.39. The zero-order valence-electron chi connectivity index (χ0n) is 12.0. The van der Waals surface area contributed by atoms with E-state index in [0.29, 0.717) is 0 Å². The molecule has 0 aliphatic heterocycles. The molecule has 0 amide bonds. The molecule has 1 unspecified atom stereocenters. The molecule has 1 aromatic carbocycles. The first-order valence-corrected chi connectivity index (χ1v) is 7.62. The quantitative estimate of drug-likeness (QED) is 0.625. The molecular weight excluding hydrogens is 236 g/mol. The predicted octanol–water partition coefficient (Wildman–Crippen LogP) is 4.53. The van der Waals surface area contributed by atoms with Gasteiger partial charge in [-0.05, 0) is 36.0 Å². The Kier molecular flexibility index (Phi) is 7.29. The summed E-state index contributed by atoms with van der Waals surface area (Å²) in [5.41, 5.74) is 4.39. The van der Waals surface area contributed by atoms with Gasteiger partial charge in [0.2, 0.25) is 10.5 Å². The van der Waals surface area contributed by atoms with E-state index in [2.05, 4.69) is 49.5 Å². The van der Waals surface area contributed by atoms with Crippen molar-refractivity contribution in [1.82, 2.24) is 0 Å². The lowest BCUT2D eigenvalue weighted by molar-refractivity contribution is 0.212. The minimum atomic E-state index is 0.185. The van der Waals surface area contributed by atoms with E-state index in [1.54, 1.807) is 0 Å². The second-order valence-corrected chi connectivity index (χ2v) is 5.12. The van der Waals surface area contributed by atoms with Gasteiger partial charge in [0, 0.05) is 0 Å². The normalized spacial score (nSPS) is 12.7. The lowest BCUT2D eigenvalue weighted by Crippen LogP contribution is -2.08. The van der Waals surface area contributed by atoms with E-state index < -0.39 is 0 Å². The van der Waals surface area contributed by atoms with Gasteiger partial charge in [-0.2, -0.15) is 0 Å². The highest BCUT2D eigenvalue weighted by Gasteiger charge is 2.15. The van der Waals surface area contributed by atoms with Crippen molar-refractivity contribution in [3.63, 3.8) is 0 Å². The molecule has 1 nitrogen and oxygen atoms in total. The van der Waals surface area contributed by atoms with Gasteiger partial charge in [0.25, 0.3) is 0 Å². The molecule has 99 valence electrons. The van der Waals surface area contributed by atoms with Gasteiger partial charge >= 0.3 is 0 Å². The van der Waals surface area contributed by atoms with E-state index in [1.165, 1.54) is 36.0 Å². The fourth-order valence-corrected chi connectivity index (χ4v) is 2.80. The molecule has 0 aliphatic carbocycles. The van der Waals surface area contributed by atoms with Gasteiger partial charge < -0.3 is 4.43 Å². The molecule has 0 saturated heterocycles. The van der Waals surface area contributed by atoms with Crippen LogP contribution < -0.4 is 0 Å². The summed E-state index contributed by atoms with van der Waals surface area (Å²) in [7, 11) is 3.25. The Morgan fingerprint density at radius 3 is 2.33 bits per heavy atom. The highest BCUT2D eigenvalue weighted by atomic mass is 28.2. The maximum Gasteiger partial charge on any atom is 0.247 e. The smallest absolute Gasteiger partial charge is 0.247 e. The number of benzene rings is 1. The van der Waals surface area contributed by atoms with Crippen molar-refractivity contribution in [3.05, 3.63) is 34.9 Å². The third-order valence-electron chi connectivity index (χ3n) is 3.37. The first-order valence-electron chi connectivity index (χ1n) is 7.21. The zero-order valence-corrected chi connectivity index (χ0v) is 13.0. The summed E-state index contributed by atoms with van der Waals surface area (Å²) in [6.45, 7) is 6.69. The molecule has 0 heterocycles. The van der Waals surface area contributed by atoms with Gasteiger partial charge in [0.1, 0.15) is 0 Å². The Morgan fingerprint density at radius 2 is 1.78 bits per heavy atom. The molecule has 1 rings (SSSR count). The van der Waals surface area contributed by atoms with Crippen LogP contribution in [0.25, 0.3) is 0 Å². The number of rotatable bonds is 8. The summed E-state index contributed by atoms with van der Waals surface area (Å²) in [5, 5.41) is 0. The lowest BCUT2D eigenvalue weighted by Gasteiger charge is -2.21. The summed E-state index contributed by atoms with van der Waals surface area (Å²) >= 11 is 0. The Bertz CT molecular complexity index is 349. The van der Waals surface area contributed by atoms with Crippen LogP contribution >= 0.6 is 0 Å². The second-order valence-electron chi connectivity index (χ2n) is 4.88. The van der Waals surface area contributed by atoms with E-state index in [-0.39, 0.29) is 6.10 Å². The van der Waals surface area contributed by atoms with Gasteiger partial charge in [0.15, 0.2) is 0 Å². The molecule has 2 heteroatoms. The molecule has 1 atom stereocenters. The van der Waals surface area contributed by atoms with Crippen LogP contribution in [0, 0.1) is 0 Å². The van der Waals surface area contributed by atoms with E-state index in [0.717, 1.165) is 19.3 Å². The van der Waals surface area contributed by atoms with Crippen LogP contribution in [0.5, 0.6) is 0 Å². The average molecular weight is 261 g/mol. The van der Waals surface area contributed by atoms with E-state index in [4.69, 9.17) is 4.43 Å².